The number of amides is 1. The van der Waals surface area contributed by atoms with Crippen LogP contribution in [-0.2, 0) is 4.79 Å². The predicted molar refractivity (Wildman–Crippen MR) is 90.9 cm³/mol. The first-order valence-electron chi connectivity index (χ1n) is 8.26. The Labute approximate surface area is 134 Å². The van der Waals surface area contributed by atoms with Gasteiger partial charge in [-0.3, -0.25) is 9.69 Å². The molecule has 1 aliphatic heterocycles. The zero-order valence-corrected chi connectivity index (χ0v) is 14.7. The minimum atomic E-state index is 0.216. The Hall–Kier alpha value is -0.260. The number of nitrogens with one attached hydrogen (secondary N) is 1. The van der Waals surface area contributed by atoms with Crippen LogP contribution >= 0.6 is 11.8 Å². The van der Waals surface area contributed by atoms with E-state index in [1.165, 1.54) is 38.5 Å². The molecule has 2 fully saturated rings. The number of hydrogen-bond donors (Lipinski definition) is 1. The quantitative estimate of drug-likeness (QED) is 0.811. The lowest BCUT2D eigenvalue weighted by Crippen LogP contribution is -2.48. The van der Waals surface area contributed by atoms with Gasteiger partial charge in [0, 0.05) is 44.5 Å². The lowest BCUT2D eigenvalue weighted by atomic mass is 10.0. The lowest BCUT2D eigenvalue weighted by molar-refractivity contribution is -0.130. The molecule has 122 valence electrons. The van der Waals surface area contributed by atoms with Crippen molar-refractivity contribution in [2.75, 3.05) is 46.5 Å². The second kappa shape index (κ2) is 7.84. The summed E-state index contributed by atoms with van der Waals surface area (Å²) >= 11 is 2.06. The molecule has 1 saturated carbocycles. The van der Waals surface area contributed by atoms with Crippen LogP contribution in [0.4, 0.5) is 0 Å². The molecule has 2 aliphatic rings. The highest BCUT2D eigenvalue weighted by Gasteiger charge is 2.33. The van der Waals surface area contributed by atoms with Crippen molar-refractivity contribution in [2.45, 2.75) is 49.3 Å². The summed E-state index contributed by atoms with van der Waals surface area (Å²) < 4.78 is 0.498. The number of nitrogens with zero attached hydrogens (tertiary/aromatic N) is 2. The molecule has 0 aromatic carbocycles. The van der Waals surface area contributed by atoms with Crippen molar-refractivity contribution in [2.24, 2.45) is 0 Å². The molecule has 21 heavy (non-hydrogen) atoms. The van der Waals surface area contributed by atoms with Crippen LogP contribution in [0.25, 0.3) is 0 Å². The summed E-state index contributed by atoms with van der Waals surface area (Å²) in [5, 5.41) is 3.81. The number of carbonyl (C=O) groups excluding carboxylic acids is 1. The van der Waals surface area contributed by atoms with Crippen LogP contribution < -0.4 is 5.32 Å². The summed E-state index contributed by atoms with van der Waals surface area (Å²) in [7, 11) is 3.67. The smallest absolute Gasteiger partial charge is 0.236 e. The summed E-state index contributed by atoms with van der Waals surface area (Å²) in [4.78, 5) is 15.7. The zero-order valence-electron chi connectivity index (χ0n) is 13.9. The van der Waals surface area contributed by atoms with Crippen LogP contribution in [0.5, 0.6) is 0 Å². The molecule has 5 heteroatoms. The van der Waals surface area contributed by atoms with Crippen molar-refractivity contribution < 1.29 is 4.79 Å². The van der Waals surface area contributed by atoms with Gasteiger partial charge in [-0.15, -0.1) is 0 Å². The fourth-order valence-electron chi connectivity index (χ4n) is 3.43. The Morgan fingerprint density at radius 2 is 1.90 bits per heavy atom. The maximum Gasteiger partial charge on any atom is 0.236 e. The lowest BCUT2D eigenvalue weighted by Gasteiger charge is -2.35. The highest BCUT2D eigenvalue weighted by Crippen LogP contribution is 2.39. The second-order valence-electron chi connectivity index (χ2n) is 6.81. The molecule has 0 aromatic rings. The van der Waals surface area contributed by atoms with E-state index in [4.69, 9.17) is 0 Å². The summed E-state index contributed by atoms with van der Waals surface area (Å²) in [6, 6.07) is 0.639. The van der Waals surface area contributed by atoms with Gasteiger partial charge in [-0.2, -0.15) is 11.8 Å². The number of rotatable bonds is 6. The minimum Gasteiger partial charge on any atom is -0.348 e. The van der Waals surface area contributed by atoms with Crippen molar-refractivity contribution in [3.63, 3.8) is 0 Å². The van der Waals surface area contributed by atoms with E-state index >= 15 is 0 Å². The van der Waals surface area contributed by atoms with Crippen LogP contribution in [0.2, 0.25) is 0 Å². The van der Waals surface area contributed by atoms with E-state index < -0.39 is 0 Å². The molecule has 0 bridgehead atoms. The van der Waals surface area contributed by atoms with Gasteiger partial charge in [0.05, 0.1) is 6.54 Å². The van der Waals surface area contributed by atoms with Gasteiger partial charge < -0.3 is 10.2 Å². The number of hydrogen-bond acceptors (Lipinski definition) is 4. The highest BCUT2D eigenvalue weighted by atomic mass is 32.2. The summed E-state index contributed by atoms with van der Waals surface area (Å²) in [6.07, 6.45) is 10.1. The Bertz CT molecular complexity index is 334. The maximum absolute atomic E-state index is 11.7. The van der Waals surface area contributed by atoms with Crippen molar-refractivity contribution in [1.29, 1.82) is 0 Å². The van der Waals surface area contributed by atoms with Crippen LogP contribution in [0, 0.1) is 0 Å². The molecule has 0 radical (unpaired) electrons. The van der Waals surface area contributed by atoms with Crippen LogP contribution in [0.3, 0.4) is 0 Å². The number of likely N-dealkylation sites (tertiary alicyclic amines) is 1. The van der Waals surface area contributed by atoms with Gasteiger partial charge in [-0.05, 0) is 31.9 Å². The monoisotopic (exact) mass is 313 g/mol. The first-order chi connectivity index (χ1) is 10.0. The Morgan fingerprint density at radius 1 is 1.29 bits per heavy atom. The molecule has 0 unspecified atom stereocenters. The molecule has 1 N–H and O–H groups in total. The number of carbonyl (C=O) groups is 1. The fourth-order valence-corrected chi connectivity index (χ4v) is 4.36. The highest BCUT2D eigenvalue weighted by molar-refractivity contribution is 8.00. The van der Waals surface area contributed by atoms with E-state index in [9.17, 15) is 4.79 Å². The first-order valence-corrected chi connectivity index (χ1v) is 9.48. The first kappa shape index (κ1) is 17.1. The van der Waals surface area contributed by atoms with Crippen molar-refractivity contribution in [3.8, 4) is 0 Å². The van der Waals surface area contributed by atoms with E-state index in [2.05, 4.69) is 28.2 Å². The Kier molecular flexibility index (Phi) is 6.38. The third-order valence-corrected chi connectivity index (χ3v) is 6.52. The van der Waals surface area contributed by atoms with Gasteiger partial charge in [0.25, 0.3) is 0 Å². The van der Waals surface area contributed by atoms with Gasteiger partial charge in [0.2, 0.25) is 5.91 Å². The second-order valence-corrected chi connectivity index (χ2v) is 8.09. The average molecular weight is 314 g/mol. The summed E-state index contributed by atoms with van der Waals surface area (Å²) in [5.41, 5.74) is 0. The summed E-state index contributed by atoms with van der Waals surface area (Å²) in [5.74, 6) is 0.216. The average Bonchev–Trinajstić information content (AvgIpc) is 2.96. The minimum absolute atomic E-state index is 0.216. The molecule has 1 saturated heterocycles. The molecule has 0 aromatic heterocycles. The third kappa shape index (κ3) is 4.86. The van der Waals surface area contributed by atoms with Gasteiger partial charge >= 0.3 is 0 Å². The molecular weight excluding hydrogens is 282 g/mol. The number of likely N-dealkylation sites (N-methyl/N-ethyl adjacent to an activating group) is 1. The molecule has 0 atom stereocenters. The SMILES string of the molecule is CSC1(CNC2CCN(CC(=O)N(C)C)CC2)CCCC1. The molecule has 0 spiro atoms. The number of thioether (sulfide) groups is 1. The Balaban J connectivity index is 1.68. The van der Waals surface area contributed by atoms with E-state index in [-0.39, 0.29) is 5.91 Å². The number of piperidine rings is 1. The largest absolute Gasteiger partial charge is 0.348 e. The normalized spacial score (nSPS) is 23.4. The third-order valence-electron chi connectivity index (χ3n) is 5.11. The van der Waals surface area contributed by atoms with E-state index in [0.717, 1.165) is 19.6 Å². The summed E-state index contributed by atoms with van der Waals surface area (Å²) in [6.45, 7) is 3.83. The standard InChI is InChI=1S/C16H31N3OS/c1-18(2)15(20)12-19-10-6-14(7-11-19)17-13-16(21-3)8-4-5-9-16/h14,17H,4-13H2,1-3H3. The molecular formula is C16H31N3OS. The fraction of sp³-hybridized carbons (Fsp3) is 0.938. The molecule has 1 amide bonds. The molecule has 1 aliphatic carbocycles. The van der Waals surface area contributed by atoms with Crippen LogP contribution in [0.15, 0.2) is 0 Å². The van der Waals surface area contributed by atoms with Crippen LogP contribution in [0.1, 0.15) is 38.5 Å². The van der Waals surface area contributed by atoms with Crippen molar-refractivity contribution >= 4 is 17.7 Å². The molecule has 1 heterocycles. The van der Waals surface area contributed by atoms with Gasteiger partial charge in [-0.1, -0.05) is 12.8 Å². The van der Waals surface area contributed by atoms with Crippen LogP contribution in [-0.4, -0.2) is 73.0 Å². The maximum atomic E-state index is 11.7. The zero-order chi connectivity index (χ0) is 15.3. The van der Waals surface area contributed by atoms with Crippen molar-refractivity contribution in [3.05, 3.63) is 0 Å². The molecule has 4 nitrogen and oxygen atoms in total. The predicted octanol–water partition coefficient (Wildman–Crippen LogP) is 1.80. The van der Waals surface area contributed by atoms with Gasteiger partial charge in [-0.25, -0.2) is 0 Å². The van der Waals surface area contributed by atoms with E-state index in [0.29, 0.717) is 17.3 Å². The van der Waals surface area contributed by atoms with Gasteiger partial charge in [0.15, 0.2) is 0 Å². The topological polar surface area (TPSA) is 35.6 Å². The van der Waals surface area contributed by atoms with Gasteiger partial charge in [0.1, 0.15) is 0 Å². The van der Waals surface area contributed by atoms with E-state index in [1.54, 1.807) is 4.90 Å². The molecule has 2 rings (SSSR count). The van der Waals surface area contributed by atoms with Crippen molar-refractivity contribution in [1.82, 2.24) is 15.1 Å². The Morgan fingerprint density at radius 3 is 2.43 bits per heavy atom. The van der Waals surface area contributed by atoms with E-state index in [1.807, 2.05) is 14.1 Å².